The standard InChI is InChI=1S/C17H18N4O3S/c1-13-19-9-8-17(20-13)24-15-3-2-10-21(12-15)25(22,23)16-6-4-14(11-18)5-7-16/h4-9,15H,2-3,10,12H2,1H3. The van der Waals surface area contributed by atoms with Crippen LogP contribution in [-0.4, -0.2) is 41.9 Å². The minimum absolute atomic E-state index is 0.185. The molecular weight excluding hydrogens is 340 g/mol. The molecule has 0 bridgehead atoms. The SMILES string of the molecule is Cc1nccc(OC2CCCN(S(=O)(=O)c3ccc(C#N)cc3)C2)n1. The van der Waals surface area contributed by atoms with E-state index in [2.05, 4.69) is 9.97 Å². The number of nitrogens with zero attached hydrogens (tertiary/aromatic N) is 4. The van der Waals surface area contributed by atoms with Crippen molar-refractivity contribution < 1.29 is 13.2 Å². The Morgan fingerprint density at radius 3 is 2.72 bits per heavy atom. The number of sulfonamides is 1. The van der Waals surface area contributed by atoms with Gasteiger partial charge in [-0.25, -0.2) is 13.4 Å². The lowest BCUT2D eigenvalue weighted by molar-refractivity contribution is 0.124. The fourth-order valence-corrected chi connectivity index (χ4v) is 4.25. The Hall–Kier alpha value is -2.50. The summed E-state index contributed by atoms with van der Waals surface area (Å²) in [4.78, 5) is 8.41. The number of hydrogen-bond donors (Lipinski definition) is 0. The van der Waals surface area contributed by atoms with Crippen LogP contribution in [0.25, 0.3) is 0 Å². The van der Waals surface area contributed by atoms with Gasteiger partial charge in [0.05, 0.1) is 23.1 Å². The molecule has 0 radical (unpaired) electrons. The second-order valence-electron chi connectivity index (χ2n) is 5.82. The number of rotatable bonds is 4. The monoisotopic (exact) mass is 358 g/mol. The van der Waals surface area contributed by atoms with Crippen molar-refractivity contribution in [2.75, 3.05) is 13.1 Å². The number of hydrogen-bond acceptors (Lipinski definition) is 6. The molecule has 1 saturated heterocycles. The van der Waals surface area contributed by atoms with Crippen LogP contribution < -0.4 is 4.74 Å². The molecule has 0 aliphatic carbocycles. The van der Waals surface area contributed by atoms with Crippen molar-refractivity contribution in [2.24, 2.45) is 0 Å². The van der Waals surface area contributed by atoms with Crippen molar-refractivity contribution in [1.82, 2.24) is 14.3 Å². The number of aromatic nitrogens is 2. The van der Waals surface area contributed by atoms with Crippen molar-refractivity contribution in [1.29, 1.82) is 5.26 Å². The van der Waals surface area contributed by atoms with E-state index >= 15 is 0 Å². The van der Waals surface area contributed by atoms with Crippen LogP contribution >= 0.6 is 0 Å². The van der Waals surface area contributed by atoms with E-state index in [4.69, 9.17) is 10.00 Å². The molecule has 130 valence electrons. The van der Waals surface area contributed by atoms with E-state index in [1.165, 1.54) is 28.6 Å². The van der Waals surface area contributed by atoms with E-state index in [-0.39, 0.29) is 17.5 Å². The molecule has 0 spiro atoms. The van der Waals surface area contributed by atoms with Crippen LogP contribution in [-0.2, 0) is 10.0 Å². The third kappa shape index (κ3) is 3.95. The number of aryl methyl sites for hydroxylation is 1. The number of nitriles is 1. The lowest BCUT2D eigenvalue weighted by Crippen LogP contribution is -2.44. The van der Waals surface area contributed by atoms with Gasteiger partial charge in [-0.2, -0.15) is 14.6 Å². The van der Waals surface area contributed by atoms with Crippen LogP contribution in [0.1, 0.15) is 24.2 Å². The van der Waals surface area contributed by atoms with Gasteiger partial charge >= 0.3 is 0 Å². The molecule has 7 nitrogen and oxygen atoms in total. The molecule has 1 aliphatic heterocycles. The molecule has 1 aromatic heterocycles. The molecule has 1 fully saturated rings. The summed E-state index contributed by atoms with van der Waals surface area (Å²) in [7, 11) is -3.61. The molecule has 2 heterocycles. The van der Waals surface area contributed by atoms with Gasteiger partial charge in [-0.15, -0.1) is 0 Å². The second kappa shape index (κ2) is 7.17. The molecule has 0 amide bonds. The zero-order valence-electron chi connectivity index (χ0n) is 13.8. The third-order valence-electron chi connectivity index (χ3n) is 4.00. The normalized spacial score (nSPS) is 18.5. The van der Waals surface area contributed by atoms with Gasteiger partial charge in [-0.05, 0) is 44.0 Å². The molecule has 1 aliphatic rings. The van der Waals surface area contributed by atoms with Crippen molar-refractivity contribution in [3.8, 4) is 11.9 Å². The first kappa shape index (κ1) is 17.3. The zero-order chi connectivity index (χ0) is 17.9. The van der Waals surface area contributed by atoms with E-state index in [1.54, 1.807) is 19.2 Å². The smallest absolute Gasteiger partial charge is 0.243 e. The van der Waals surface area contributed by atoms with Crippen molar-refractivity contribution in [2.45, 2.75) is 30.8 Å². The molecule has 0 N–H and O–H groups in total. The first-order chi connectivity index (χ1) is 12.0. The van der Waals surface area contributed by atoms with Crippen molar-refractivity contribution in [3.05, 3.63) is 47.9 Å². The Morgan fingerprint density at radius 2 is 2.04 bits per heavy atom. The molecule has 0 saturated carbocycles. The summed E-state index contributed by atoms with van der Waals surface area (Å²) in [6, 6.07) is 9.60. The van der Waals surface area contributed by atoms with E-state index < -0.39 is 10.0 Å². The predicted molar refractivity (Wildman–Crippen MR) is 90.3 cm³/mol. The maximum Gasteiger partial charge on any atom is 0.243 e. The van der Waals surface area contributed by atoms with Crippen LogP contribution in [0.5, 0.6) is 5.88 Å². The zero-order valence-corrected chi connectivity index (χ0v) is 14.6. The highest BCUT2D eigenvalue weighted by molar-refractivity contribution is 7.89. The molecule has 3 rings (SSSR count). The van der Waals surface area contributed by atoms with Crippen LogP contribution in [0.3, 0.4) is 0 Å². The highest BCUT2D eigenvalue weighted by Gasteiger charge is 2.31. The highest BCUT2D eigenvalue weighted by atomic mass is 32.2. The van der Waals surface area contributed by atoms with Gasteiger partial charge in [0, 0.05) is 18.8 Å². The summed E-state index contributed by atoms with van der Waals surface area (Å²) in [5.41, 5.74) is 0.429. The van der Waals surface area contributed by atoms with Gasteiger partial charge in [0.25, 0.3) is 0 Å². The molecule has 1 aromatic carbocycles. The van der Waals surface area contributed by atoms with Gasteiger partial charge in [0.15, 0.2) is 0 Å². The average Bonchev–Trinajstić information content (AvgIpc) is 2.62. The summed E-state index contributed by atoms with van der Waals surface area (Å²) in [5, 5.41) is 8.84. The Kier molecular flexibility index (Phi) is 4.97. The quantitative estimate of drug-likeness (QED) is 0.828. The average molecular weight is 358 g/mol. The molecular formula is C17H18N4O3S. The lowest BCUT2D eigenvalue weighted by Gasteiger charge is -2.31. The minimum atomic E-state index is -3.61. The molecule has 1 unspecified atom stereocenters. The number of piperidine rings is 1. The minimum Gasteiger partial charge on any atom is -0.473 e. The largest absolute Gasteiger partial charge is 0.473 e. The Morgan fingerprint density at radius 1 is 1.28 bits per heavy atom. The van der Waals surface area contributed by atoms with Gasteiger partial charge in [0.2, 0.25) is 15.9 Å². The molecule has 2 aromatic rings. The first-order valence-electron chi connectivity index (χ1n) is 7.95. The molecule has 8 heteroatoms. The van der Waals surface area contributed by atoms with Crippen LogP contribution in [0.2, 0.25) is 0 Å². The summed E-state index contributed by atoms with van der Waals surface area (Å²) in [6.07, 6.45) is 2.84. The fourth-order valence-electron chi connectivity index (χ4n) is 2.74. The summed E-state index contributed by atoms with van der Waals surface area (Å²) in [5.74, 6) is 1.06. The van der Waals surface area contributed by atoms with E-state index in [9.17, 15) is 8.42 Å². The van der Waals surface area contributed by atoms with Gasteiger partial charge in [-0.3, -0.25) is 0 Å². The Labute approximate surface area is 147 Å². The highest BCUT2D eigenvalue weighted by Crippen LogP contribution is 2.23. The van der Waals surface area contributed by atoms with Crippen LogP contribution in [0.15, 0.2) is 41.4 Å². The number of benzene rings is 1. The van der Waals surface area contributed by atoms with E-state index in [0.717, 1.165) is 6.42 Å². The number of ether oxygens (including phenoxy) is 1. The van der Waals surface area contributed by atoms with Gasteiger partial charge in [-0.1, -0.05) is 0 Å². The maximum absolute atomic E-state index is 12.8. The van der Waals surface area contributed by atoms with Gasteiger partial charge in [0.1, 0.15) is 11.9 Å². The first-order valence-corrected chi connectivity index (χ1v) is 9.39. The molecule has 25 heavy (non-hydrogen) atoms. The maximum atomic E-state index is 12.8. The molecule has 1 atom stereocenters. The van der Waals surface area contributed by atoms with E-state index in [1.807, 2.05) is 6.07 Å². The Balaban J connectivity index is 1.74. The summed E-state index contributed by atoms with van der Waals surface area (Å²) in [6.45, 7) is 2.49. The van der Waals surface area contributed by atoms with Crippen molar-refractivity contribution in [3.63, 3.8) is 0 Å². The second-order valence-corrected chi connectivity index (χ2v) is 7.76. The Bertz CT molecular complexity index is 891. The topological polar surface area (TPSA) is 96.2 Å². The van der Waals surface area contributed by atoms with E-state index in [0.29, 0.717) is 30.2 Å². The van der Waals surface area contributed by atoms with Crippen molar-refractivity contribution >= 4 is 10.0 Å². The fraction of sp³-hybridized carbons (Fsp3) is 0.353. The summed E-state index contributed by atoms with van der Waals surface area (Å²) < 4.78 is 32.9. The predicted octanol–water partition coefficient (Wildman–Crippen LogP) is 1.89. The van der Waals surface area contributed by atoms with Crippen LogP contribution in [0.4, 0.5) is 0 Å². The third-order valence-corrected chi connectivity index (χ3v) is 5.88. The van der Waals surface area contributed by atoms with Crippen LogP contribution in [0, 0.1) is 18.3 Å². The van der Waals surface area contributed by atoms with Gasteiger partial charge < -0.3 is 4.74 Å². The summed E-state index contributed by atoms with van der Waals surface area (Å²) >= 11 is 0. The lowest BCUT2D eigenvalue weighted by atomic mass is 10.1.